The van der Waals surface area contributed by atoms with Crippen LogP contribution in [-0.4, -0.2) is 30.3 Å². The Morgan fingerprint density at radius 1 is 1.18 bits per heavy atom. The van der Waals surface area contributed by atoms with Crippen molar-refractivity contribution < 1.29 is 19.2 Å². The molecule has 0 aliphatic carbocycles. The maximum atomic E-state index is 12.1. The predicted molar refractivity (Wildman–Crippen MR) is 83.1 cm³/mol. The molecule has 0 fully saturated rings. The second kappa shape index (κ2) is 8.38. The molecule has 122 valence electrons. The van der Waals surface area contributed by atoms with Gasteiger partial charge in [-0.3, -0.25) is 9.63 Å². The Kier molecular flexibility index (Phi) is 6.85. The van der Waals surface area contributed by atoms with Crippen LogP contribution in [0.4, 0.5) is 4.79 Å². The molecule has 0 unspecified atom stereocenters. The lowest BCUT2D eigenvalue weighted by Crippen LogP contribution is -2.49. The molecule has 6 heteroatoms. The number of alkyl carbamates (subject to hydrolysis) is 1. The van der Waals surface area contributed by atoms with Gasteiger partial charge in [0.15, 0.2) is 0 Å². The molecule has 6 nitrogen and oxygen atoms in total. The summed E-state index contributed by atoms with van der Waals surface area (Å²) in [6.07, 6.45) is -0.293. The molecule has 0 saturated heterocycles. The standard InChI is InChI=1S/C16H24N2O4/c1-5-21-18-14(19)13(11-12-9-7-6-8-10-12)17-15(20)22-16(2,3)4/h6-10,13H,5,11H2,1-4H3,(H,17,20)(H,18,19)/t13-/m0/s1. The molecular weight excluding hydrogens is 284 g/mol. The number of amides is 2. The topological polar surface area (TPSA) is 76.7 Å². The molecule has 1 aromatic rings. The number of ether oxygens (including phenoxy) is 1. The fraction of sp³-hybridized carbons (Fsp3) is 0.500. The van der Waals surface area contributed by atoms with Crippen LogP contribution in [-0.2, 0) is 20.8 Å². The monoisotopic (exact) mass is 308 g/mol. The SMILES string of the molecule is CCONC(=O)[C@H](Cc1ccccc1)NC(=O)OC(C)(C)C. The van der Waals surface area contributed by atoms with E-state index < -0.39 is 23.6 Å². The van der Waals surface area contributed by atoms with Crippen LogP contribution in [0.2, 0.25) is 0 Å². The van der Waals surface area contributed by atoms with E-state index >= 15 is 0 Å². The molecule has 0 saturated carbocycles. The largest absolute Gasteiger partial charge is 0.444 e. The zero-order valence-electron chi connectivity index (χ0n) is 13.5. The van der Waals surface area contributed by atoms with Crippen molar-refractivity contribution in [2.24, 2.45) is 0 Å². The third kappa shape index (κ3) is 7.08. The van der Waals surface area contributed by atoms with Crippen molar-refractivity contribution >= 4 is 12.0 Å². The average molecular weight is 308 g/mol. The highest BCUT2D eigenvalue weighted by molar-refractivity contribution is 5.85. The first-order chi connectivity index (χ1) is 10.3. The first-order valence-corrected chi connectivity index (χ1v) is 7.27. The summed E-state index contributed by atoms with van der Waals surface area (Å²) in [5, 5.41) is 2.58. The molecule has 0 aliphatic heterocycles. The van der Waals surface area contributed by atoms with Crippen LogP contribution >= 0.6 is 0 Å². The normalized spacial score (nSPS) is 12.4. The van der Waals surface area contributed by atoms with Crippen molar-refractivity contribution in [2.45, 2.75) is 45.8 Å². The van der Waals surface area contributed by atoms with Crippen LogP contribution in [0.15, 0.2) is 30.3 Å². The first kappa shape index (κ1) is 18.0. The zero-order valence-corrected chi connectivity index (χ0v) is 13.5. The zero-order chi connectivity index (χ0) is 16.6. The molecule has 0 radical (unpaired) electrons. The highest BCUT2D eigenvalue weighted by Gasteiger charge is 2.24. The van der Waals surface area contributed by atoms with Crippen LogP contribution < -0.4 is 10.8 Å². The number of carbonyl (C=O) groups is 2. The Morgan fingerprint density at radius 2 is 1.82 bits per heavy atom. The van der Waals surface area contributed by atoms with Gasteiger partial charge >= 0.3 is 6.09 Å². The number of hydrogen-bond acceptors (Lipinski definition) is 4. The van der Waals surface area contributed by atoms with Crippen LogP contribution in [0.5, 0.6) is 0 Å². The summed E-state index contributed by atoms with van der Waals surface area (Å²) in [4.78, 5) is 28.9. The Balaban J connectivity index is 2.73. The van der Waals surface area contributed by atoms with E-state index in [0.29, 0.717) is 13.0 Å². The van der Waals surface area contributed by atoms with Crippen molar-refractivity contribution in [3.05, 3.63) is 35.9 Å². The number of rotatable bonds is 6. The molecule has 0 spiro atoms. The van der Waals surface area contributed by atoms with Crippen molar-refractivity contribution in [3.8, 4) is 0 Å². The molecular formula is C16H24N2O4. The predicted octanol–water partition coefficient (Wildman–Crippen LogP) is 2.19. The maximum absolute atomic E-state index is 12.1. The Hall–Kier alpha value is -2.08. The van der Waals surface area contributed by atoms with E-state index in [-0.39, 0.29) is 0 Å². The van der Waals surface area contributed by atoms with Gasteiger partial charge in [-0.15, -0.1) is 0 Å². The van der Waals surface area contributed by atoms with E-state index in [1.54, 1.807) is 27.7 Å². The summed E-state index contributed by atoms with van der Waals surface area (Å²) in [7, 11) is 0. The first-order valence-electron chi connectivity index (χ1n) is 7.27. The summed E-state index contributed by atoms with van der Waals surface area (Å²) in [6.45, 7) is 7.39. The van der Waals surface area contributed by atoms with Crippen molar-refractivity contribution in [1.82, 2.24) is 10.8 Å². The highest BCUT2D eigenvalue weighted by atomic mass is 16.6. The van der Waals surface area contributed by atoms with E-state index in [1.807, 2.05) is 30.3 Å². The smallest absolute Gasteiger partial charge is 0.408 e. The Bertz CT molecular complexity index is 483. The van der Waals surface area contributed by atoms with Crippen LogP contribution in [0.1, 0.15) is 33.3 Å². The number of nitrogens with one attached hydrogen (secondary N) is 2. The second-order valence-corrected chi connectivity index (χ2v) is 5.79. The Morgan fingerprint density at radius 3 is 2.36 bits per heavy atom. The summed E-state index contributed by atoms with van der Waals surface area (Å²) >= 11 is 0. The van der Waals surface area contributed by atoms with Gasteiger partial charge in [0.05, 0.1) is 6.61 Å². The van der Waals surface area contributed by atoms with Gasteiger partial charge in [-0.05, 0) is 33.3 Å². The average Bonchev–Trinajstić information content (AvgIpc) is 2.43. The lowest BCUT2D eigenvalue weighted by atomic mass is 10.1. The minimum Gasteiger partial charge on any atom is -0.444 e. The van der Waals surface area contributed by atoms with E-state index in [0.717, 1.165) is 5.56 Å². The van der Waals surface area contributed by atoms with Crippen molar-refractivity contribution in [1.29, 1.82) is 0 Å². The molecule has 2 N–H and O–H groups in total. The number of hydroxylamine groups is 1. The minimum atomic E-state index is -0.774. The number of benzene rings is 1. The Labute approximate surface area is 131 Å². The van der Waals surface area contributed by atoms with Gasteiger partial charge in [-0.25, -0.2) is 10.3 Å². The fourth-order valence-electron chi connectivity index (χ4n) is 1.72. The second-order valence-electron chi connectivity index (χ2n) is 5.79. The third-order valence-electron chi connectivity index (χ3n) is 2.61. The lowest BCUT2D eigenvalue weighted by Gasteiger charge is -2.23. The molecule has 1 atom stereocenters. The van der Waals surface area contributed by atoms with Gasteiger partial charge in [0.2, 0.25) is 0 Å². The highest BCUT2D eigenvalue weighted by Crippen LogP contribution is 2.08. The van der Waals surface area contributed by atoms with E-state index in [4.69, 9.17) is 9.57 Å². The summed E-state index contributed by atoms with van der Waals surface area (Å²) in [6, 6.07) is 8.64. The number of carbonyl (C=O) groups excluding carboxylic acids is 2. The summed E-state index contributed by atoms with van der Waals surface area (Å²) in [5.74, 6) is -0.420. The van der Waals surface area contributed by atoms with Crippen LogP contribution in [0.3, 0.4) is 0 Å². The van der Waals surface area contributed by atoms with E-state index in [1.165, 1.54) is 0 Å². The maximum Gasteiger partial charge on any atom is 0.408 e. The lowest BCUT2D eigenvalue weighted by molar-refractivity contribution is -0.135. The molecule has 0 bridgehead atoms. The van der Waals surface area contributed by atoms with E-state index in [2.05, 4.69) is 10.8 Å². The summed E-state index contributed by atoms with van der Waals surface area (Å²) in [5.41, 5.74) is 2.61. The van der Waals surface area contributed by atoms with Gasteiger partial charge in [0, 0.05) is 6.42 Å². The molecule has 0 heterocycles. The van der Waals surface area contributed by atoms with Crippen molar-refractivity contribution in [2.75, 3.05) is 6.61 Å². The van der Waals surface area contributed by atoms with Gasteiger partial charge in [-0.1, -0.05) is 30.3 Å². The molecule has 22 heavy (non-hydrogen) atoms. The molecule has 1 rings (SSSR count). The van der Waals surface area contributed by atoms with E-state index in [9.17, 15) is 9.59 Å². The minimum absolute atomic E-state index is 0.343. The van der Waals surface area contributed by atoms with Gasteiger partial charge in [0.25, 0.3) is 5.91 Å². The molecule has 0 aromatic heterocycles. The number of hydrogen-bond donors (Lipinski definition) is 2. The molecule has 1 aromatic carbocycles. The van der Waals surface area contributed by atoms with Gasteiger partial charge in [0.1, 0.15) is 11.6 Å². The quantitative estimate of drug-likeness (QED) is 0.790. The molecule has 2 amide bonds. The molecule has 0 aliphatic rings. The third-order valence-corrected chi connectivity index (χ3v) is 2.61. The van der Waals surface area contributed by atoms with Crippen LogP contribution in [0, 0.1) is 0 Å². The van der Waals surface area contributed by atoms with Gasteiger partial charge in [-0.2, -0.15) is 0 Å². The summed E-state index contributed by atoms with van der Waals surface area (Å²) < 4.78 is 5.19. The van der Waals surface area contributed by atoms with Crippen molar-refractivity contribution in [3.63, 3.8) is 0 Å². The van der Waals surface area contributed by atoms with Gasteiger partial charge < -0.3 is 10.1 Å². The van der Waals surface area contributed by atoms with Crippen LogP contribution in [0.25, 0.3) is 0 Å². The fourth-order valence-corrected chi connectivity index (χ4v) is 1.72.